The van der Waals surface area contributed by atoms with Crippen LogP contribution in [0, 0.1) is 5.92 Å². The molecule has 0 aliphatic rings. The summed E-state index contributed by atoms with van der Waals surface area (Å²) in [6, 6.07) is 4.68. The maximum absolute atomic E-state index is 14.1. The highest BCUT2D eigenvalue weighted by molar-refractivity contribution is 5.92. The molecule has 0 saturated heterocycles. The van der Waals surface area contributed by atoms with Gasteiger partial charge in [-0.15, -0.1) is 0 Å². The molecule has 0 aliphatic carbocycles. The van der Waals surface area contributed by atoms with Crippen LogP contribution >= 0.6 is 0 Å². The molecule has 8 nitrogen and oxygen atoms in total. The number of ether oxygens (including phenoxy) is 1. The third-order valence-corrected chi connectivity index (χ3v) is 6.47. The molecule has 2 unspecified atom stereocenters. The zero-order valence-electron chi connectivity index (χ0n) is 25.3. The summed E-state index contributed by atoms with van der Waals surface area (Å²) >= 11 is 0. The third-order valence-electron chi connectivity index (χ3n) is 6.47. The number of alkyl carbamates (subject to hydrolysis) is 1. The van der Waals surface area contributed by atoms with Gasteiger partial charge < -0.3 is 25.4 Å². The van der Waals surface area contributed by atoms with Crippen molar-refractivity contribution in [2.75, 3.05) is 13.1 Å². The highest BCUT2D eigenvalue weighted by Crippen LogP contribution is 2.27. The lowest BCUT2D eigenvalue weighted by Gasteiger charge is -2.35. The molecule has 0 radical (unpaired) electrons. The first-order chi connectivity index (χ1) is 18.4. The highest BCUT2D eigenvalue weighted by atomic mass is 16.6. The van der Waals surface area contributed by atoms with Crippen LogP contribution in [0.15, 0.2) is 24.3 Å². The van der Waals surface area contributed by atoms with Gasteiger partial charge in [0.05, 0.1) is 0 Å². The van der Waals surface area contributed by atoms with Crippen LogP contribution in [-0.2, 0) is 14.3 Å². The number of phenols is 1. The molecule has 0 aromatic heterocycles. The van der Waals surface area contributed by atoms with E-state index in [0.717, 1.165) is 51.4 Å². The minimum absolute atomic E-state index is 0.0236. The molecule has 2 atom stereocenters. The second-order valence-corrected chi connectivity index (χ2v) is 11.7. The van der Waals surface area contributed by atoms with Gasteiger partial charge in [-0.05, 0) is 57.2 Å². The van der Waals surface area contributed by atoms with Gasteiger partial charge in [-0.25, -0.2) is 4.79 Å². The van der Waals surface area contributed by atoms with E-state index in [1.54, 1.807) is 43.9 Å². The molecule has 3 N–H and O–H groups in total. The predicted molar refractivity (Wildman–Crippen MR) is 156 cm³/mol. The molecule has 8 heteroatoms. The average Bonchev–Trinajstić information content (AvgIpc) is 2.84. The molecule has 1 aromatic carbocycles. The lowest BCUT2D eigenvalue weighted by molar-refractivity contribution is -0.143. The molecule has 3 amide bonds. The van der Waals surface area contributed by atoms with E-state index in [2.05, 4.69) is 24.5 Å². The van der Waals surface area contributed by atoms with Gasteiger partial charge in [0.25, 0.3) is 0 Å². The van der Waals surface area contributed by atoms with Gasteiger partial charge in [-0.3, -0.25) is 9.59 Å². The first kappa shape index (κ1) is 34.3. The normalized spacial score (nSPS) is 13.0. The Kier molecular flexibility index (Phi) is 15.6. The zero-order valence-corrected chi connectivity index (χ0v) is 25.3. The first-order valence-corrected chi connectivity index (χ1v) is 14.8. The standard InChI is InChI=1S/C31H53N3O5/c1-8-10-12-13-14-16-21-34(29(37)26(23(3)4)33-30(38)39-31(5,6)7)27(24-18-17-19-25(35)22-24)28(36)32-20-15-11-9-2/h17-19,22-23,26-27,35H,8-16,20-21H2,1-7H3,(H,32,36)(H,33,38). The summed E-state index contributed by atoms with van der Waals surface area (Å²) in [5.41, 5.74) is -0.183. The number of phenolic OH excluding ortho intramolecular Hbond substituents is 1. The summed E-state index contributed by atoms with van der Waals surface area (Å²) in [5, 5.41) is 16.0. The van der Waals surface area contributed by atoms with Crippen LogP contribution in [0.2, 0.25) is 0 Å². The summed E-state index contributed by atoms with van der Waals surface area (Å²) in [6.07, 6.45) is 8.35. The maximum atomic E-state index is 14.1. The molecule has 0 bridgehead atoms. The summed E-state index contributed by atoms with van der Waals surface area (Å²) in [7, 11) is 0. The van der Waals surface area contributed by atoms with Crippen molar-refractivity contribution in [1.29, 1.82) is 0 Å². The fraction of sp³-hybridized carbons (Fsp3) is 0.710. The van der Waals surface area contributed by atoms with Crippen molar-refractivity contribution in [2.24, 2.45) is 5.92 Å². The third kappa shape index (κ3) is 13.2. The number of unbranched alkanes of at least 4 members (excludes halogenated alkanes) is 7. The summed E-state index contributed by atoms with van der Waals surface area (Å²) in [6.45, 7) is 14.1. The molecular formula is C31H53N3O5. The minimum Gasteiger partial charge on any atom is -0.508 e. The van der Waals surface area contributed by atoms with Gasteiger partial charge in [0.15, 0.2) is 0 Å². The summed E-state index contributed by atoms with van der Waals surface area (Å²) in [4.78, 5) is 42.0. The second kappa shape index (κ2) is 17.7. The minimum atomic E-state index is -0.941. The Bertz CT molecular complexity index is 881. The van der Waals surface area contributed by atoms with E-state index in [9.17, 15) is 19.5 Å². The molecule has 222 valence electrons. The van der Waals surface area contributed by atoms with Crippen LogP contribution in [0.1, 0.15) is 118 Å². The van der Waals surface area contributed by atoms with E-state index >= 15 is 0 Å². The van der Waals surface area contributed by atoms with Crippen molar-refractivity contribution < 1.29 is 24.2 Å². The number of nitrogens with one attached hydrogen (secondary N) is 2. The van der Waals surface area contributed by atoms with Crippen molar-refractivity contribution in [2.45, 2.75) is 124 Å². The molecule has 0 heterocycles. The number of benzene rings is 1. The Labute approximate surface area is 236 Å². The SMILES string of the molecule is CCCCCCCCN(C(=O)C(NC(=O)OC(C)(C)C)C(C)C)C(C(=O)NCCCCC)c1cccc(O)c1. The Morgan fingerprint density at radius 2 is 1.56 bits per heavy atom. The van der Waals surface area contributed by atoms with E-state index in [-0.39, 0.29) is 23.5 Å². The number of hydrogen-bond acceptors (Lipinski definition) is 5. The van der Waals surface area contributed by atoms with Crippen LogP contribution in [0.4, 0.5) is 4.79 Å². The Morgan fingerprint density at radius 1 is 0.949 bits per heavy atom. The monoisotopic (exact) mass is 547 g/mol. The number of aromatic hydroxyl groups is 1. The molecule has 0 aliphatic heterocycles. The largest absolute Gasteiger partial charge is 0.508 e. The van der Waals surface area contributed by atoms with Crippen LogP contribution < -0.4 is 10.6 Å². The average molecular weight is 548 g/mol. The lowest BCUT2D eigenvalue weighted by atomic mass is 9.98. The molecule has 1 rings (SSSR count). The van der Waals surface area contributed by atoms with Gasteiger partial charge in [-0.1, -0.05) is 84.8 Å². The van der Waals surface area contributed by atoms with Crippen molar-refractivity contribution in [3.05, 3.63) is 29.8 Å². The van der Waals surface area contributed by atoms with Gasteiger partial charge in [0.2, 0.25) is 11.8 Å². The zero-order chi connectivity index (χ0) is 29.4. The van der Waals surface area contributed by atoms with E-state index in [1.165, 1.54) is 12.5 Å². The smallest absolute Gasteiger partial charge is 0.408 e. The molecule has 1 aromatic rings. The first-order valence-electron chi connectivity index (χ1n) is 14.8. The number of nitrogens with zero attached hydrogens (tertiary/aromatic N) is 1. The van der Waals surface area contributed by atoms with Gasteiger partial charge >= 0.3 is 6.09 Å². The van der Waals surface area contributed by atoms with Crippen LogP contribution in [0.25, 0.3) is 0 Å². The summed E-state index contributed by atoms with van der Waals surface area (Å²) < 4.78 is 5.44. The Hall–Kier alpha value is -2.77. The predicted octanol–water partition coefficient (Wildman–Crippen LogP) is 6.48. The van der Waals surface area contributed by atoms with Crippen molar-refractivity contribution in [3.8, 4) is 5.75 Å². The van der Waals surface area contributed by atoms with Crippen molar-refractivity contribution in [3.63, 3.8) is 0 Å². The lowest BCUT2D eigenvalue weighted by Crippen LogP contribution is -2.55. The molecule has 0 fully saturated rings. The van der Waals surface area contributed by atoms with E-state index in [4.69, 9.17) is 4.74 Å². The van der Waals surface area contributed by atoms with Crippen LogP contribution in [0.3, 0.4) is 0 Å². The molecule has 0 spiro atoms. The maximum Gasteiger partial charge on any atom is 0.408 e. The van der Waals surface area contributed by atoms with E-state index < -0.39 is 23.8 Å². The number of amides is 3. The second-order valence-electron chi connectivity index (χ2n) is 11.7. The van der Waals surface area contributed by atoms with Crippen LogP contribution in [-0.4, -0.2) is 52.6 Å². The van der Waals surface area contributed by atoms with Gasteiger partial charge in [0.1, 0.15) is 23.4 Å². The molecule has 0 saturated carbocycles. The highest BCUT2D eigenvalue weighted by Gasteiger charge is 2.37. The Balaban J connectivity index is 3.36. The number of hydrogen-bond donors (Lipinski definition) is 3. The number of rotatable bonds is 17. The number of carbonyl (C=O) groups excluding carboxylic acids is 3. The van der Waals surface area contributed by atoms with Crippen LogP contribution in [0.5, 0.6) is 5.75 Å². The van der Waals surface area contributed by atoms with E-state index in [1.807, 2.05) is 13.8 Å². The fourth-order valence-corrected chi connectivity index (χ4v) is 4.41. The summed E-state index contributed by atoms with van der Waals surface area (Å²) in [5.74, 6) is -0.859. The van der Waals surface area contributed by atoms with E-state index in [0.29, 0.717) is 18.7 Å². The molecular weight excluding hydrogens is 494 g/mol. The van der Waals surface area contributed by atoms with Crippen molar-refractivity contribution in [1.82, 2.24) is 15.5 Å². The van der Waals surface area contributed by atoms with Gasteiger partial charge in [-0.2, -0.15) is 0 Å². The Morgan fingerprint density at radius 3 is 2.15 bits per heavy atom. The van der Waals surface area contributed by atoms with Crippen molar-refractivity contribution >= 4 is 17.9 Å². The number of carbonyl (C=O) groups is 3. The quantitative estimate of drug-likeness (QED) is 0.194. The topological polar surface area (TPSA) is 108 Å². The fourth-order valence-electron chi connectivity index (χ4n) is 4.41. The van der Waals surface area contributed by atoms with Gasteiger partial charge in [0, 0.05) is 13.1 Å². The molecule has 39 heavy (non-hydrogen) atoms.